The summed E-state index contributed by atoms with van der Waals surface area (Å²) >= 11 is 5.42. The van der Waals surface area contributed by atoms with Crippen LogP contribution >= 0.6 is 12.2 Å². The van der Waals surface area contributed by atoms with Crippen molar-refractivity contribution in [2.45, 2.75) is 26.6 Å². The van der Waals surface area contributed by atoms with Crippen molar-refractivity contribution in [3.63, 3.8) is 0 Å². The van der Waals surface area contributed by atoms with E-state index in [0.717, 1.165) is 24.5 Å². The maximum absolute atomic E-state index is 5.42. The topological polar surface area (TPSA) is 62.3 Å². The van der Waals surface area contributed by atoms with Crippen LogP contribution < -0.4 is 20.3 Å². The van der Waals surface area contributed by atoms with Gasteiger partial charge in [-0.3, -0.25) is 0 Å². The van der Waals surface area contributed by atoms with Crippen LogP contribution in [-0.4, -0.2) is 22.2 Å². The van der Waals surface area contributed by atoms with Gasteiger partial charge < -0.3 is 20.3 Å². The molecule has 0 spiro atoms. The summed E-state index contributed by atoms with van der Waals surface area (Å²) in [5.74, 6) is 1.71. The molecular formula is C22H23N5OS. The molecule has 0 unspecified atom stereocenters. The van der Waals surface area contributed by atoms with Crippen molar-refractivity contribution in [1.29, 1.82) is 0 Å². The maximum atomic E-state index is 5.42. The Labute approximate surface area is 176 Å². The number of fused-ring (bicyclic) bond motifs is 1. The summed E-state index contributed by atoms with van der Waals surface area (Å²) in [5.41, 5.74) is 5.02. The number of hydrogen-bond donors (Lipinski definition) is 2. The zero-order valence-electron chi connectivity index (χ0n) is 16.5. The number of aromatic nitrogens is 2. The van der Waals surface area contributed by atoms with Crippen molar-refractivity contribution >= 4 is 29.1 Å². The number of nitrogens with zero attached hydrogens (tertiary/aromatic N) is 3. The molecule has 0 amide bonds. The first-order valence-corrected chi connectivity index (χ1v) is 9.87. The van der Waals surface area contributed by atoms with Crippen molar-refractivity contribution in [3.8, 4) is 5.88 Å². The van der Waals surface area contributed by atoms with Gasteiger partial charge in [-0.15, -0.1) is 0 Å². The number of aryl methyl sites for hydroxylation is 1. The van der Waals surface area contributed by atoms with E-state index in [4.69, 9.17) is 17.0 Å². The fourth-order valence-electron chi connectivity index (χ4n) is 3.26. The lowest BCUT2D eigenvalue weighted by Crippen LogP contribution is -2.29. The molecule has 2 heterocycles. The molecule has 0 fully saturated rings. The Morgan fingerprint density at radius 3 is 2.41 bits per heavy atom. The van der Waals surface area contributed by atoms with Gasteiger partial charge in [0.2, 0.25) is 11.8 Å². The minimum atomic E-state index is 0.414. The Morgan fingerprint density at radius 2 is 1.76 bits per heavy atom. The second-order valence-corrected chi connectivity index (χ2v) is 7.42. The standard InChI is InChI=1S/C22H23N5OS/c1-15-7-9-16(10-8-15)12-23-22(29)26-21-24-19(11-20(25-21)28-2)27-13-17-5-3-4-6-18(17)14-27/h3-11H,12-14H2,1-2H3,(H2,23,24,25,26,29). The molecular weight excluding hydrogens is 382 g/mol. The molecule has 6 nitrogen and oxygen atoms in total. The molecule has 4 rings (SSSR count). The van der Waals surface area contributed by atoms with Gasteiger partial charge in [-0.05, 0) is 35.8 Å². The van der Waals surface area contributed by atoms with Crippen molar-refractivity contribution in [3.05, 3.63) is 76.9 Å². The van der Waals surface area contributed by atoms with Crippen LogP contribution in [0.25, 0.3) is 0 Å². The molecule has 0 atom stereocenters. The number of benzene rings is 2. The zero-order chi connectivity index (χ0) is 20.2. The largest absolute Gasteiger partial charge is 0.481 e. The van der Waals surface area contributed by atoms with Crippen LogP contribution in [0.15, 0.2) is 54.6 Å². The van der Waals surface area contributed by atoms with Crippen LogP contribution in [0.1, 0.15) is 22.3 Å². The highest BCUT2D eigenvalue weighted by atomic mass is 32.1. The first-order valence-electron chi connectivity index (χ1n) is 9.46. The molecule has 3 aromatic rings. The molecule has 0 saturated carbocycles. The van der Waals surface area contributed by atoms with E-state index >= 15 is 0 Å². The molecule has 7 heteroatoms. The first kappa shape index (κ1) is 19.1. The van der Waals surface area contributed by atoms with Crippen LogP contribution in [0.4, 0.5) is 11.8 Å². The summed E-state index contributed by atoms with van der Waals surface area (Å²) in [6, 6.07) is 18.6. The third-order valence-electron chi connectivity index (χ3n) is 4.86. The lowest BCUT2D eigenvalue weighted by atomic mass is 10.1. The number of hydrogen-bond acceptors (Lipinski definition) is 5. The Kier molecular flexibility index (Phi) is 5.57. The molecule has 29 heavy (non-hydrogen) atoms. The van der Waals surface area contributed by atoms with Crippen LogP contribution in [0.5, 0.6) is 5.88 Å². The second kappa shape index (κ2) is 8.45. The number of rotatable bonds is 5. The van der Waals surface area contributed by atoms with E-state index in [9.17, 15) is 0 Å². The van der Waals surface area contributed by atoms with Crippen molar-refractivity contribution < 1.29 is 4.74 Å². The summed E-state index contributed by atoms with van der Waals surface area (Å²) in [6.07, 6.45) is 0. The highest BCUT2D eigenvalue weighted by Gasteiger charge is 2.21. The Bertz CT molecular complexity index is 997. The predicted molar refractivity (Wildman–Crippen MR) is 119 cm³/mol. The molecule has 0 saturated heterocycles. The van der Waals surface area contributed by atoms with Gasteiger partial charge in [0, 0.05) is 25.7 Å². The van der Waals surface area contributed by atoms with Crippen LogP contribution in [0.3, 0.4) is 0 Å². The zero-order valence-corrected chi connectivity index (χ0v) is 17.3. The average Bonchev–Trinajstić information content (AvgIpc) is 3.17. The molecule has 0 bridgehead atoms. The van der Waals surface area contributed by atoms with Gasteiger partial charge in [-0.1, -0.05) is 54.1 Å². The summed E-state index contributed by atoms with van der Waals surface area (Å²) in [4.78, 5) is 11.2. The van der Waals surface area contributed by atoms with E-state index in [-0.39, 0.29) is 0 Å². The van der Waals surface area contributed by atoms with Crippen molar-refractivity contribution in [2.24, 2.45) is 0 Å². The first-order chi connectivity index (χ1) is 14.1. The van der Waals surface area contributed by atoms with Gasteiger partial charge >= 0.3 is 0 Å². The normalized spacial score (nSPS) is 12.4. The number of anilines is 2. The summed E-state index contributed by atoms with van der Waals surface area (Å²) in [6.45, 7) is 4.32. The predicted octanol–water partition coefficient (Wildman–Crippen LogP) is 3.80. The second-order valence-electron chi connectivity index (χ2n) is 7.01. The van der Waals surface area contributed by atoms with Crippen molar-refractivity contribution in [2.75, 3.05) is 17.3 Å². The number of methoxy groups -OCH3 is 1. The third kappa shape index (κ3) is 4.63. The summed E-state index contributed by atoms with van der Waals surface area (Å²) < 4.78 is 5.37. The molecule has 2 N–H and O–H groups in total. The van der Waals surface area contributed by atoms with Gasteiger partial charge in [-0.2, -0.15) is 9.97 Å². The highest BCUT2D eigenvalue weighted by Crippen LogP contribution is 2.29. The highest BCUT2D eigenvalue weighted by molar-refractivity contribution is 7.80. The Balaban J connectivity index is 1.44. The van der Waals surface area contributed by atoms with E-state index in [1.165, 1.54) is 16.7 Å². The van der Waals surface area contributed by atoms with Gasteiger partial charge in [0.05, 0.1) is 7.11 Å². The smallest absolute Gasteiger partial charge is 0.234 e. The molecule has 1 aliphatic rings. The van der Waals surface area contributed by atoms with Gasteiger partial charge in [-0.25, -0.2) is 0 Å². The minimum Gasteiger partial charge on any atom is -0.481 e. The lowest BCUT2D eigenvalue weighted by molar-refractivity contribution is 0.397. The van der Waals surface area contributed by atoms with Crippen LogP contribution in [-0.2, 0) is 19.6 Å². The molecule has 148 valence electrons. The van der Waals surface area contributed by atoms with E-state index in [2.05, 4.69) is 81.0 Å². The fourth-order valence-corrected chi connectivity index (χ4v) is 3.43. The third-order valence-corrected chi connectivity index (χ3v) is 5.11. The van der Waals surface area contributed by atoms with E-state index in [1.807, 2.05) is 6.07 Å². The lowest BCUT2D eigenvalue weighted by Gasteiger charge is -2.18. The Hall–Kier alpha value is -3.19. The summed E-state index contributed by atoms with van der Waals surface area (Å²) in [5, 5.41) is 6.74. The Morgan fingerprint density at radius 1 is 1.07 bits per heavy atom. The van der Waals surface area contributed by atoms with Gasteiger partial charge in [0.25, 0.3) is 0 Å². The molecule has 0 radical (unpaired) electrons. The fraction of sp³-hybridized carbons (Fsp3) is 0.227. The van der Waals surface area contributed by atoms with Crippen molar-refractivity contribution in [1.82, 2.24) is 15.3 Å². The quantitative estimate of drug-likeness (QED) is 0.626. The minimum absolute atomic E-state index is 0.414. The maximum Gasteiger partial charge on any atom is 0.234 e. The molecule has 1 aromatic heterocycles. The number of nitrogens with one attached hydrogen (secondary N) is 2. The van der Waals surface area contributed by atoms with Gasteiger partial charge in [0.15, 0.2) is 5.11 Å². The van der Waals surface area contributed by atoms with Crippen LogP contribution in [0, 0.1) is 6.92 Å². The average molecular weight is 406 g/mol. The van der Waals surface area contributed by atoms with Gasteiger partial charge in [0.1, 0.15) is 5.82 Å². The SMILES string of the molecule is COc1cc(N2Cc3ccccc3C2)nc(NC(=S)NCc2ccc(C)cc2)n1. The molecule has 2 aromatic carbocycles. The molecule has 1 aliphatic heterocycles. The number of thiocarbonyl (C=S) groups is 1. The van der Waals surface area contributed by atoms with E-state index in [1.54, 1.807) is 7.11 Å². The number of ether oxygens (including phenoxy) is 1. The van der Waals surface area contributed by atoms with E-state index in [0.29, 0.717) is 23.5 Å². The summed E-state index contributed by atoms with van der Waals surface area (Å²) in [7, 11) is 1.60. The van der Waals surface area contributed by atoms with E-state index < -0.39 is 0 Å². The monoisotopic (exact) mass is 405 g/mol. The van der Waals surface area contributed by atoms with Crippen LogP contribution in [0.2, 0.25) is 0 Å². The molecule has 0 aliphatic carbocycles.